The lowest BCUT2D eigenvalue weighted by atomic mass is 9.85. The maximum atomic E-state index is 13.3. The van der Waals surface area contributed by atoms with E-state index in [2.05, 4.69) is 20.5 Å². The van der Waals surface area contributed by atoms with Crippen LogP contribution in [0.15, 0.2) is 0 Å². The monoisotopic (exact) mass is 1070 g/mol. The number of hydrogen-bond donors (Lipinski definition) is 10. The van der Waals surface area contributed by atoms with Gasteiger partial charge in [0.25, 0.3) is 0 Å². The molecule has 0 heterocycles. The van der Waals surface area contributed by atoms with Gasteiger partial charge in [-0.25, -0.2) is 18.3 Å². The average molecular weight is 1070 g/mol. The zero-order valence-corrected chi connectivity index (χ0v) is 43.2. The molecule has 404 valence electrons. The third kappa shape index (κ3) is 33.8. The minimum Gasteiger partial charge on any atom is -0.462 e. The van der Waals surface area contributed by atoms with E-state index in [-0.39, 0.29) is 12.8 Å². The van der Waals surface area contributed by atoms with Crippen molar-refractivity contribution < 1.29 is 104 Å². The molecular weight excluding hydrogens is 982 g/mol. The van der Waals surface area contributed by atoms with Crippen molar-refractivity contribution in [1.82, 2.24) is 0 Å². The number of carbonyl (C=O) groups is 2. The van der Waals surface area contributed by atoms with E-state index in [1.807, 2.05) is 0 Å². The Kier molecular flexibility index (Phi) is 34.8. The lowest BCUT2D eigenvalue weighted by Gasteiger charge is -2.45. The van der Waals surface area contributed by atoms with Crippen LogP contribution in [0.3, 0.4) is 0 Å². The molecule has 23 nitrogen and oxygen atoms in total. The molecule has 1 rings (SSSR count). The second-order valence-electron chi connectivity index (χ2n) is 17.4. The lowest BCUT2D eigenvalue weighted by Crippen LogP contribution is -2.65. The molecular formula is C41H83NO22P4. The van der Waals surface area contributed by atoms with Crippen LogP contribution >= 0.6 is 31.3 Å². The summed E-state index contributed by atoms with van der Waals surface area (Å²) in [5, 5.41) is 21.8. The van der Waals surface area contributed by atoms with Gasteiger partial charge in [-0.05, 0) is 25.8 Å². The van der Waals surface area contributed by atoms with Crippen LogP contribution in [0.2, 0.25) is 0 Å². The Morgan fingerprint density at radius 1 is 0.456 bits per heavy atom. The standard InChI is InChI=1S/C41H83NO22P4/c1-2-3-4-5-6-7-8-10-14-17-20-23-26-29-35(44)60-33(31-58-34(43)28-25-22-19-16-13-11-9-12-15-18-21-24-27-30-42)32-59-68(56,57)64-38-36(45)39(61-65(47,48)49)41(63-67(53,54)55)40(37(38)46)62-66(50,51)52/h33,36-41,45-46H,2-32,42H2,1H3,(H,56,57)(H2,47,48,49)(H2,50,51,52)(H2,53,54,55)/t33-,36+,37?,38?,39+,40-,41?/m1/s1. The SMILES string of the molecule is CCCCCCCCCCCCCCCC(=O)O[C@H](COC(=O)CCCCCCCCCCCCCCCN)COP(=O)(O)OC1C(O)[C@@H](OP(=O)(O)O)C(OP(=O)(O)O)[C@@H](OP(=O)(O)O)[C@H]1O. The molecule has 0 aromatic carbocycles. The van der Waals surface area contributed by atoms with Crippen molar-refractivity contribution in [1.29, 1.82) is 0 Å². The predicted molar refractivity (Wildman–Crippen MR) is 248 cm³/mol. The minimum absolute atomic E-state index is 0.0339. The van der Waals surface area contributed by atoms with Crippen molar-refractivity contribution in [2.75, 3.05) is 19.8 Å². The number of phosphoric acid groups is 4. The third-order valence-corrected chi connectivity index (χ3v) is 13.8. The van der Waals surface area contributed by atoms with Gasteiger partial charge in [0.1, 0.15) is 43.2 Å². The summed E-state index contributed by atoms with van der Waals surface area (Å²) in [6.45, 7) is 1.28. The van der Waals surface area contributed by atoms with E-state index in [4.69, 9.17) is 24.3 Å². The number of unbranched alkanes of at least 4 members (excludes halogenated alkanes) is 24. The number of nitrogens with two attached hydrogens (primary N) is 1. The summed E-state index contributed by atoms with van der Waals surface area (Å²) in [6.07, 6.45) is 9.79. The fourth-order valence-corrected chi connectivity index (χ4v) is 10.4. The molecule has 1 fully saturated rings. The number of aliphatic hydroxyl groups is 2. The predicted octanol–water partition coefficient (Wildman–Crippen LogP) is 7.01. The van der Waals surface area contributed by atoms with Crippen molar-refractivity contribution in [2.45, 2.75) is 229 Å². The molecule has 1 aliphatic carbocycles. The van der Waals surface area contributed by atoms with E-state index < -0.39 is 99.2 Å². The summed E-state index contributed by atoms with van der Waals surface area (Å²) in [7, 11) is -23.0. The zero-order valence-electron chi connectivity index (χ0n) is 39.7. The first-order chi connectivity index (χ1) is 32.0. The molecule has 0 aromatic rings. The highest BCUT2D eigenvalue weighted by Crippen LogP contribution is 2.53. The number of carbonyl (C=O) groups excluding carboxylic acids is 2. The van der Waals surface area contributed by atoms with Crippen molar-refractivity contribution in [3.8, 4) is 0 Å². The summed E-state index contributed by atoms with van der Waals surface area (Å²) in [5.41, 5.74) is 5.53. The maximum Gasteiger partial charge on any atom is 0.472 e. The molecule has 0 spiro atoms. The van der Waals surface area contributed by atoms with E-state index in [0.29, 0.717) is 12.8 Å². The molecule has 11 N–H and O–H groups in total. The molecule has 68 heavy (non-hydrogen) atoms. The molecule has 0 amide bonds. The van der Waals surface area contributed by atoms with Crippen LogP contribution in [0, 0.1) is 0 Å². The minimum atomic E-state index is -5.79. The van der Waals surface area contributed by atoms with Crippen LogP contribution < -0.4 is 5.73 Å². The number of aliphatic hydroxyl groups excluding tert-OH is 2. The number of esters is 2. The topological polar surface area (TPSA) is 375 Å². The van der Waals surface area contributed by atoms with Crippen LogP contribution in [-0.2, 0) is 59.9 Å². The van der Waals surface area contributed by atoms with Crippen LogP contribution in [0.25, 0.3) is 0 Å². The molecule has 0 aromatic heterocycles. The number of phosphoric ester groups is 4. The highest BCUT2D eigenvalue weighted by Gasteiger charge is 2.59. The molecule has 0 saturated heterocycles. The van der Waals surface area contributed by atoms with E-state index in [1.54, 1.807) is 0 Å². The first-order valence-corrected chi connectivity index (χ1v) is 30.4. The van der Waals surface area contributed by atoms with Gasteiger partial charge in [0.2, 0.25) is 0 Å². The van der Waals surface area contributed by atoms with Crippen molar-refractivity contribution >= 4 is 43.2 Å². The number of rotatable bonds is 43. The summed E-state index contributed by atoms with van der Waals surface area (Å²) < 4.78 is 82.1. The van der Waals surface area contributed by atoms with E-state index in [0.717, 1.165) is 77.2 Å². The Bertz CT molecular complexity index is 1510. The van der Waals surface area contributed by atoms with E-state index in [9.17, 15) is 72.3 Å². The smallest absolute Gasteiger partial charge is 0.462 e. The Hall–Kier alpha value is -0.740. The zero-order chi connectivity index (χ0) is 51.1. The molecule has 1 aliphatic rings. The molecule has 4 unspecified atom stereocenters. The van der Waals surface area contributed by atoms with Gasteiger partial charge in [-0.3, -0.25) is 32.2 Å². The first kappa shape index (κ1) is 65.3. The fraction of sp³-hybridized carbons (Fsp3) is 0.951. The molecule has 0 bridgehead atoms. The van der Waals surface area contributed by atoms with Gasteiger partial charge in [-0.1, -0.05) is 155 Å². The van der Waals surface area contributed by atoms with E-state index >= 15 is 0 Å². The Labute approximate surface area is 401 Å². The Morgan fingerprint density at radius 2 is 0.794 bits per heavy atom. The normalized spacial score (nSPS) is 21.6. The van der Waals surface area contributed by atoms with Gasteiger partial charge in [0.15, 0.2) is 6.10 Å². The highest BCUT2D eigenvalue weighted by molar-refractivity contribution is 7.47. The first-order valence-electron chi connectivity index (χ1n) is 24.3. The van der Waals surface area contributed by atoms with Crippen LogP contribution in [0.5, 0.6) is 0 Å². The van der Waals surface area contributed by atoms with Crippen LogP contribution in [-0.4, -0.2) is 119 Å². The second kappa shape index (κ2) is 36.2. The number of ether oxygens (including phenoxy) is 2. The highest BCUT2D eigenvalue weighted by atomic mass is 31.2. The molecule has 8 atom stereocenters. The fourth-order valence-electron chi connectivity index (χ4n) is 7.74. The summed E-state index contributed by atoms with van der Waals surface area (Å²) >= 11 is 0. The third-order valence-electron chi connectivity index (χ3n) is 11.2. The second-order valence-corrected chi connectivity index (χ2v) is 22.4. The summed E-state index contributed by atoms with van der Waals surface area (Å²) in [5.74, 6) is -1.40. The molecule has 0 radical (unpaired) electrons. The lowest BCUT2D eigenvalue weighted by molar-refractivity contribution is -0.209. The number of hydrogen-bond acceptors (Lipinski definition) is 16. The molecule has 1 saturated carbocycles. The maximum absolute atomic E-state index is 13.3. The molecule has 0 aliphatic heterocycles. The molecule has 27 heteroatoms. The van der Waals surface area contributed by atoms with Crippen LogP contribution in [0.4, 0.5) is 0 Å². The van der Waals surface area contributed by atoms with E-state index in [1.165, 1.54) is 83.5 Å². The van der Waals surface area contributed by atoms with Gasteiger partial charge < -0.3 is 59.7 Å². The van der Waals surface area contributed by atoms with Crippen molar-refractivity contribution in [2.24, 2.45) is 5.73 Å². The summed E-state index contributed by atoms with van der Waals surface area (Å²) in [4.78, 5) is 92.8. The van der Waals surface area contributed by atoms with Crippen molar-refractivity contribution in [3.63, 3.8) is 0 Å². The largest absolute Gasteiger partial charge is 0.472 e. The quantitative estimate of drug-likeness (QED) is 0.0167. The van der Waals surface area contributed by atoms with Gasteiger partial charge in [0, 0.05) is 12.8 Å². The Balaban J connectivity index is 2.89. The van der Waals surface area contributed by atoms with Gasteiger partial charge in [-0.15, -0.1) is 0 Å². The summed E-state index contributed by atoms with van der Waals surface area (Å²) in [6, 6.07) is 0. The average Bonchev–Trinajstić information content (AvgIpc) is 3.24. The van der Waals surface area contributed by atoms with Crippen LogP contribution in [0.1, 0.15) is 187 Å². The van der Waals surface area contributed by atoms with Gasteiger partial charge in [0.05, 0.1) is 6.61 Å². The van der Waals surface area contributed by atoms with Gasteiger partial charge >= 0.3 is 43.2 Å². The Morgan fingerprint density at radius 3 is 1.16 bits per heavy atom. The van der Waals surface area contributed by atoms with Crippen molar-refractivity contribution in [3.05, 3.63) is 0 Å². The van der Waals surface area contributed by atoms with Gasteiger partial charge in [-0.2, -0.15) is 0 Å².